The lowest BCUT2D eigenvalue weighted by molar-refractivity contribution is 0.0651. The molecule has 3 N–H and O–H groups in total. The van der Waals surface area contributed by atoms with E-state index in [4.69, 9.17) is 14.2 Å². The van der Waals surface area contributed by atoms with Crippen molar-refractivity contribution in [3.05, 3.63) is 47.5 Å². The van der Waals surface area contributed by atoms with Crippen LogP contribution in [0.2, 0.25) is 0 Å². The van der Waals surface area contributed by atoms with Crippen molar-refractivity contribution in [2.24, 2.45) is 0 Å². The Morgan fingerprint density at radius 2 is 1.85 bits per heavy atom. The number of Topliss-reactive ketones (excluding diaryl/α,β-unsaturated/α-hetero) is 1. The van der Waals surface area contributed by atoms with Gasteiger partial charge in [-0.25, -0.2) is 0 Å². The standard InChI is InChI=1S/C19H22INO6/c1-25-16-10-13(4-5-14(16)23)19(24)18(11-22)27-15-6-3-12(7-8-21-20)9-17(15)26-2/h3-6,9-10,18,21-23H,7-8,11H2,1-2H3/t18-/m1/s1. The SMILES string of the molecule is COc1cc(C(=O)[C@@H](CO)Oc2ccc(CCNI)cc2OC)ccc1O. The predicted molar refractivity (Wildman–Crippen MR) is 109 cm³/mol. The van der Waals surface area contributed by atoms with E-state index in [0.717, 1.165) is 18.5 Å². The molecule has 0 aromatic heterocycles. The number of methoxy groups -OCH3 is 2. The summed E-state index contributed by atoms with van der Waals surface area (Å²) in [5.41, 5.74) is 1.31. The molecule has 0 aliphatic rings. The third kappa shape index (κ3) is 5.47. The van der Waals surface area contributed by atoms with Crippen LogP contribution in [0.4, 0.5) is 0 Å². The first kappa shape index (κ1) is 21.3. The number of ketones is 1. The van der Waals surface area contributed by atoms with Crippen LogP contribution in [0, 0.1) is 0 Å². The highest BCUT2D eigenvalue weighted by Crippen LogP contribution is 2.31. The zero-order chi connectivity index (χ0) is 19.8. The van der Waals surface area contributed by atoms with E-state index in [2.05, 4.69) is 26.4 Å². The Hall–Kier alpha value is -2.04. The van der Waals surface area contributed by atoms with Gasteiger partial charge >= 0.3 is 0 Å². The van der Waals surface area contributed by atoms with Gasteiger partial charge in [-0.05, 0) is 42.3 Å². The van der Waals surface area contributed by atoms with Gasteiger partial charge in [-0.15, -0.1) is 0 Å². The van der Waals surface area contributed by atoms with Crippen LogP contribution in [0.15, 0.2) is 36.4 Å². The van der Waals surface area contributed by atoms with Crippen molar-refractivity contribution in [1.29, 1.82) is 0 Å². The maximum Gasteiger partial charge on any atom is 0.205 e. The molecule has 0 saturated carbocycles. The van der Waals surface area contributed by atoms with Crippen molar-refractivity contribution in [2.75, 3.05) is 27.4 Å². The Kier molecular flexibility index (Phi) is 8.14. The molecule has 0 radical (unpaired) electrons. The van der Waals surface area contributed by atoms with Gasteiger partial charge in [0.05, 0.1) is 20.8 Å². The number of phenols is 1. The number of phenolic OH excluding ortho intramolecular Hbond substituents is 1. The minimum Gasteiger partial charge on any atom is -0.504 e. The summed E-state index contributed by atoms with van der Waals surface area (Å²) in [4.78, 5) is 12.7. The highest BCUT2D eigenvalue weighted by Gasteiger charge is 2.24. The van der Waals surface area contributed by atoms with E-state index >= 15 is 0 Å². The Morgan fingerprint density at radius 1 is 1.11 bits per heavy atom. The number of hydrogen-bond donors (Lipinski definition) is 3. The maximum atomic E-state index is 12.7. The van der Waals surface area contributed by atoms with Crippen molar-refractivity contribution in [2.45, 2.75) is 12.5 Å². The molecule has 0 amide bonds. The lowest BCUT2D eigenvalue weighted by Gasteiger charge is -2.19. The van der Waals surface area contributed by atoms with Crippen LogP contribution < -0.4 is 17.7 Å². The number of benzene rings is 2. The van der Waals surface area contributed by atoms with E-state index in [-0.39, 0.29) is 17.1 Å². The van der Waals surface area contributed by atoms with Crippen molar-refractivity contribution in [3.63, 3.8) is 0 Å². The minimum atomic E-state index is -1.12. The van der Waals surface area contributed by atoms with Crippen LogP contribution >= 0.6 is 22.9 Å². The minimum absolute atomic E-state index is 0.0752. The molecule has 0 fully saturated rings. The summed E-state index contributed by atoms with van der Waals surface area (Å²) in [5, 5.41) is 19.3. The van der Waals surface area contributed by atoms with E-state index < -0.39 is 18.5 Å². The van der Waals surface area contributed by atoms with Crippen LogP contribution in [0.25, 0.3) is 0 Å². The van der Waals surface area contributed by atoms with Gasteiger partial charge in [0.1, 0.15) is 0 Å². The topological polar surface area (TPSA) is 97.3 Å². The Bertz CT molecular complexity index is 783. The van der Waals surface area contributed by atoms with Gasteiger partial charge in [0, 0.05) is 35.0 Å². The number of hydrogen-bond acceptors (Lipinski definition) is 7. The summed E-state index contributed by atoms with van der Waals surface area (Å²) >= 11 is 2.08. The number of aliphatic hydroxyl groups is 1. The van der Waals surface area contributed by atoms with E-state index in [1.165, 1.54) is 32.4 Å². The molecule has 27 heavy (non-hydrogen) atoms. The summed E-state index contributed by atoms with van der Waals surface area (Å²) in [7, 11) is 2.91. The number of aliphatic hydroxyl groups excluding tert-OH is 1. The van der Waals surface area contributed by atoms with Crippen molar-refractivity contribution in [1.82, 2.24) is 3.53 Å². The molecule has 2 aromatic carbocycles. The van der Waals surface area contributed by atoms with Crippen LogP contribution in [0.5, 0.6) is 23.0 Å². The fourth-order valence-corrected chi connectivity index (χ4v) is 2.77. The number of carbonyl (C=O) groups is 1. The van der Waals surface area contributed by atoms with Gasteiger partial charge in [-0.2, -0.15) is 0 Å². The molecule has 146 valence electrons. The van der Waals surface area contributed by atoms with Gasteiger partial charge in [0.2, 0.25) is 5.78 Å². The summed E-state index contributed by atoms with van der Waals surface area (Å²) in [6.07, 6.45) is -0.301. The van der Waals surface area contributed by atoms with E-state index in [1.54, 1.807) is 6.07 Å². The second-order valence-corrected chi connectivity index (χ2v) is 6.42. The van der Waals surface area contributed by atoms with Gasteiger partial charge < -0.3 is 24.4 Å². The summed E-state index contributed by atoms with van der Waals surface area (Å²) in [6.45, 7) is 0.302. The third-order valence-corrected chi connectivity index (χ3v) is 4.47. The number of halogens is 1. The first-order valence-electron chi connectivity index (χ1n) is 8.23. The zero-order valence-corrected chi connectivity index (χ0v) is 17.2. The lowest BCUT2D eigenvalue weighted by Crippen LogP contribution is -2.31. The second kappa shape index (κ2) is 10.3. The average Bonchev–Trinajstić information content (AvgIpc) is 2.70. The lowest BCUT2D eigenvalue weighted by atomic mass is 10.1. The summed E-state index contributed by atoms with van der Waals surface area (Å²) in [6, 6.07) is 9.65. The van der Waals surface area contributed by atoms with E-state index in [9.17, 15) is 15.0 Å². The highest BCUT2D eigenvalue weighted by molar-refractivity contribution is 14.1. The predicted octanol–water partition coefficient (Wildman–Crippen LogP) is 2.51. The Labute approximate surface area is 171 Å². The molecule has 2 aromatic rings. The molecular formula is C19H22INO6. The smallest absolute Gasteiger partial charge is 0.205 e. The van der Waals surface area contributed by atoms with Crippen molar-refractivity contribution in [3.8, 4) is 23.0 Å². The monoisotopic (exact) mass is 487 g/mol. The molecule has 0 bridgehead atoms. The van der Waals surface area contributed by atoms with Crippen LogP contribution in [0.1, 0.15) is 15.9 Å². The molecular weight excluding hydrogens is 465 g/mol. The third-order valence-electron chi connectivity index (χ3n) is 3.93. The first-order chi connectivity index (χ1) is 13.0. The van der Waals surface area contributed by atoms with Crippen LogP contribution in [-0.4, -0.2) is 49.5 Å². The van der Waals surface area contributed by atoms with Gasteiger partial charge in [0.15, 0.2) is 29.1 Å². The van der Waals surface area contributed by atoms with Gasteiger partial charge in [-0.1, -0.05) is 6.07 Å². The molecule has 0 aliphatic heterocycles. The molecule has 7 nitrogen and oxygen atoms in total. The number of aromatic hydroxyl groups is 1. The molecule has 8 heteroatoms. The van der Waals surface area contributed by atoms with Gasteiger partial charge in [-0.3, -0.25) is 8.32 Å². The van der Waals surface area contributed by atoms with Crippen molar-refractivity contribution >= 4 is 28.6 Å². The molecule has 0 heterocycles. The first-order valence-corrected chi connectivity index (χ1v) is 9.31. The fourth-order valence-electron chi connectivity index (χ4n) is 2.50. The number of ether oxygens (including phenoxy) is 3. The molecule has 0 aliphatic carbocycles. The molecule has 0 saturated heterocycles. The molecule has 0 spiro atoms. The normalized spacial score (nSPS) is 11.7. The quantitative estimate of drug-likeness (QED) is 0.269. The molecule has 1 atom stereocenters. The van der Waals surface area contributed by atoms with Crippen LogP contribution in [0.3, 0.4) is 0 Å². The number of carbonyl (C=O) groups excluding carboxylic acids is 1. The zero-order valence-electron chi connectivity index (χ0n) is 15.1. The maximum absolute atomic E-state index is 12.7. The van der Waals surface area contributed by atoms with Gasteiger partial charge in [0.25, 0.3) is 0 Å². The summed E-state index contributed by atoms with van der Waals surface area (Å²) < 4.78 is 19.1. The Balaban J connectivity index is 2.22. The van der Waals surface area contributed by atoms with E-state index in [1.807, 2.05) is 12.1 Å². The molecule has 2 rings (SSSR count). The average molecular weight is 487 g/mol. The number of nitrogens with one attached hydrogen (secondary N) is 1. The Morgan fingerprint density at radius 3 is 2.48 bits per heavy atom. The number of rotatable bonds is 10. The largest absolute Gasteiger partial charge is 0.504 e. The highest BCUT2D eigenvalue weighted by atomic mass is 127. The fraction of sp³-hybridized carbons (Fsp3) is 0.316. The van der Waals surface area contributed by atoms with E-state index in [0.29, 0.717) is 11.5 Å². The molecule has 0 unspecified atom stereocenters. The van der Waals surface area contributed by atoms with Crippen molar-refractivity contribution < 1.29 is 29.2 Å². The second-order valence-electron chi connectivity index (χ2n) is 5.66. The van der Waals surface area contributed by atoms with Crippen LogP contribution in [-0.2, 0) is 6.42 Å². The summed E-state index contributed by atoms with van der Waals surface area (Å²) in [5.74, 6) is 0.505.